The van der Waals surface area contributed by atoms with Gasteiger partial charge >= 0.3 is 11.9 Å². The maximum Gasteiger partial charge on any atom is 0.343 e. The lowest BCUT2D eigenvalue weighted by Crippen LogP contribution is -2.29. The molecule has 7 heteroatoms. The average molecular weight is 530 g/mol. The van der Waals surface area contributed by atoms with Crippen molar-refractivity contribution in [2.75, 3.05) is 4.90 Å². The molecule has 0 atom stereocenters. The molecule has 0 saturated carbocycles. The van der Waals surface area contributed by atoms with E-state index in [2.05, 4.69) is 6.58 Å². The molecule has 7 nitrogen and oxygen atoms in total. The molecule has 0 unspecified atom stereocenters. The second-order valence-electron chi connectivity index (χ2n) is 9.03. The van der Waals surface area contributed by atoms with Crippen molar-refractivity contribution in [1.29, 1.82) is 0 Å². The number of amides is 2. The molecular weight excluding hydrogens is 506 g/mol. The van der Waals surface area contributed by atoms with E-state index in [9.17, 15) is 19.2 Å². The van der Waals surface area contributed by atoms with Gasteiger partial charge in [-0.25, -0.2) is 14.5 Å². The van der Waals surface area contributed by atoms with Crippen LogP contribution in [-0.4, -0.2) is 23.8 Å². The summed E-state index contributed by atoms with van der Waals surface area (Å²) < 4.78 is 10.7. The van der Waals surface area contributed by atoms with Gasteiger partial charge in [0.15, 0.2) is 0 Å². The number of carbonyl (C=O) groups is 4. The SMILES string of the molecule is C=Cc1ccc2c(c1)C(=O)N(c1ccc(OC(=O)/C=C/c3ccc(OC(=O)c4ccc(C)cc4)cc3)cc1)C2=O. The summed E-state index contributed by atoms with van der Waals surface area (Å²) in [6, 6.07) is 24.8. The maximum atomic E-state index is 12.9. The van der Waals surface area contributed by atoms with Crippen molar-refractivity contribution in [2.24, 2.45) is 0 Å². The minimum Gasteiger partial charge on any atom is -0.423 e. The number of aryl methyl sites for hydroxylation is 1. The van der Waals surface area contributed by atoms with Crippen molar-refractivity contribution in [2.45, 2.75) is 6.92 Å². The number of rotatable bonds is 7. The third-order valence-electron chi connectivity index (χ3n) is 6.25. The highest BCUT2D eigenvalue weighted by atomic mass is 16.5. The molecule has 0 spiro atoms. The Bertz CT molecular complexity index is 1670. The Labute approximate surface area is 230 Å². The Hall–Kier alpha value is -5.56. The highest BCUT2D eigenvalue weighted by molar-refractivity contribution is 6.34. The molecule has 196 valence electrons. The number of anilines is 1. The van der Waals surface area contributed by atoms with Gasteiger partial charge in [0.1, 0.15) is 11.5 Å². The molecule has 5 rings (SSSR count). The second kappa shape index (κ2) is 11.0. The number of esters is 2. The maximum absolute atomic E-state index is 12.9. The van der Waals surface area contributed by atoms with Crippen LogP contribution in [0.5, 0.6) is 11.5 Å². The lowest BCUT2D eigenvalue weighted by molar-refractivity contribution is -0.128. The van der Waals surface area contributed by atoms with E-state index < -0.39 is 23.8 Å². The van der Waals surface area contributed by atoms with Crippen molar-refractivity contribution < 1.29 is 28.7 Å². The van der Waals surface area contributed by atoms with Gasteiger partial charge in [-0.3, -0.25) is 9.59 Å². The average Bonchev–Trinajstić information content (AvgIpc) is 3.22. The summed E-state index contributed by atoms with van der Waals surface area (Å²) in [6.45, 7) is 5.63. The van der Waals surface area contributed by atoms with Gasteiger partial charge in [0.2, 0.25) is 0 Å². The van der Waals surface area contributed by atoms with E-state index >= 15 is 0 Å². The summed E-state index contributed by atoms with van der Waals surface area (Å²) in [7, 11) is 0. The highest BCUT2D eigenvalue weighted by Gasteiger charge is 2.36. The first-order valence-corrected chi connectivity index (χ1v) is 12.4. The Morgan fingerprint density at radius 3 is 2.00 bits per heavy atom. The number of benzene rings is 4. The normalized spacial score (nSPS) is 12.4. The molecule has 1 aliphatic heterocycles. The third kappa shape index (κ3) is 5.49. The van der Waals surface area contributed by atoms with Gasteiger partial charge in [0, 0.05) is 6.08 Å². The Morgan fingerprint density at radius 2 is 1.32 bits per heavy atom. The van der Waals surface area contributed by atoms with Crippen LogP contribution in [0.3, 0.4) is 0 Å². The number of carbonyl (C=O) groups excluding carboxylic acids is 4. The van der Waals surface area contributed by atoms with E-state index in [0.29, 0.717) is 33.7 Å². The molecule has 0 saturated heterocycles. The van der Waals surface area contributed by atoms with Gasteiger partial charge in [0.25, 0.3) is 11.8 Å². The fourth-order valence-corrected chi connectivity index (χ4v) is 4.10. The zero-order valence-corrected chi connectivity index (χ0v) is 21.5. The Balaban J connectivity index is 1.18. The van der Waals surface area contributed by atoms with E-state index in [1.165, 1.54) is 18.2 Å². The Morgan fingerprint density at radius 1 is 0.725 bits per heavy atom. The van der Waals surface area contributed by atoms with Crippen LogP contribution in [0.15, 0.2) is 104 Å². The number of hydrogen-bond donors (Lipinski definition) is 0. The van der Waals surface area contributed by atoms with Crippen LogP contribution in [0.2, 0.25) is 0 Å². The molecule has 2 amide bonds. The topological polar surface area (TPSA) is 90.0 Å². The number of ether oxygens (including phenoxy) is 2. The number of hydrogen-bond acceptors (Lipinski definition) is 6. The lowest BCUT2D eigenvalue weighted by Gasteiger charge is -2.14. The minimum absolute atomic E-state index is 0.252. The summed E-state index contributed by atoms with van der Waals surface area (Å²) >= 11 is 0. The molecule has 0 aliphatic carbocycles. The van der Waals surface area contributed by atoms with Gasteiger partial charge in [-0.05, 0) is 84.8 Å². The van der Waals surface area contributed by atoms with Crippen LogP contribution >= 0.6 is 0 Å². The molecule has 0 aromatic heterocycles. The van der Waals surface area contributed by atoms with E-state index in [1.54, 1.807) is 78.9 Å². The van der Waals surface area contributed by atoms with Crippen LogP contribution in [0, 0.1) is 6.92 Å². The van der Waals surface area contributed by atoms with E-state index in [0.717, 1.165) is 16.0 Å². The van der Waals surface area contributed by atoms with Crippen LogP contribution < -0.4 is 14.4 Å². The standard InChI is InChI=1S/C33H23NO6/c1-3-22-8-18-28-29(20-22)32(37)34(31(28)36)25-12-16-26(17-13-25)39-30(35)19-9-23-6-14-27(15-7-23)40-33(38)24-10-4-21(2)5-11-24/h3-20H,1H2,2H3/b19-9+. The molecule has 0 fully saturated rings. The molecule has 40 heavy (non-hydrogen) atoms. The summed E-state index contributed by atoms with van der Waals surface area (Å²) in [5.74, 6) is -1.28. The number of fused-ring (bicyclic) bond motifs is 1. The van der Waals surface area contributed by atoms with Crippen LogP contribution in [0.4, 0.5) is 5.69 Å². The lowest BCUT2D eigenvalue weighted by atomic mass is 10.1. The molecule has 0 bridgehead atoms. The largest absolute Gasteiger partial charge is 0.423 e. The van der Waals surface area contributed by atoms with Gasteiger partial charge in [0.05, 0.1) is 22.4 Å². The van der Waals surface area contributed by atoms with E-state index in [-0.39, 0.29) is 5.75 Å². The van der Waals surface area contributed by atoms with E-state index in [4.69, 9.17) is 9.47 Å². The van der Waals surface area contributed by atoms with Crippen LogP contribution in [-0.2, 0) is 4.79 Å². The molecule has 4 aromatic rings. The van der Waals surface area contributed by atoms with Crippen molar-refractivity contribution in [1.82, 2.24) is 0 Å². The monoisotopic (exact) mass is 529 g/mol. The first-order chi connectivity index (χ1) is 19.3. The highest BCUT2D eigenvalue weighted by Crippen LogP contribution is 2.30. The molecular formula is C33H23NO6. The molecule has 4 aromatic carbocycles. The zero-order valence-electron chi connectivity index (χ0n) is 21.5. The van der Waals surface area contributed by atoms with Crippen molar-refractivity contribution in [3.8, 4) is 11.5 Å². The van der Waals surface area contributed by atoms with Crippen LogP contribution in [0.1, 0.15) is 47.8 Å². The minimum atomic E-state index is -0.611. The van der Waals surface area contributed by atoms with Gasteiger partial charge < -0.3 is 9.47 Å². The van der Waals surface area contributed by atoms with Gasteiger partial charge in [-0.1, -0.05) is 48.6 Å². The first-order valence-electron chi connectivity index (χ1n) is 12.4. The zero-order chi connectivity index (χ0) is 28.2. The first kappa shape index (κ1) is 26.1. The summed E-state index contributed by atoms with van der Waals surface area (Å²) in [5.41, 5.74) is 3.96. The third-order valence-corrected chi connectivity index (χ3v) is 6.25. The second-order valence-corrected chi connectivity index (χ2v) is 9.03. The van der Waals surface area contributed by atoms with Gasteiger partial charge in [-0.15, -0.1) is 0 Å². The fraction of sp³-hybridized carbons (Fsp3) is 0.0303. The number of nitrogens with zero attached hydrogens (tertiary/aromatic N) is 1. The van der Waals surface area contributed by atoms with Crippen LogP contribution in [0.25, 0.3) is 12.2 Å². The molecule has 0 N–H and O–H groups in total. The summed E-state index contributed by atoms with van der Waals surface area (Å²) in [5, 5.41) is 0. The quantitative estimate of drug-likeness (QED) is 0.121. The predicted molar refractivity (Wildman–Crippen MR) is 151 cm³/mol. The number of imide groups is 1. The molecule has 0 radical (unpaired) electrons. The smallest absolute Gasteiger partial charge is 0.343 e. The summed E-state index contributed by atoms with van der Waals surface area (Å²) in [4.78, 5) is 51.3. The van der Waals surface area contributed by atoms with Crippen molar-refractivity contribution in [3.63, 3.8) is 0 Å². The van der Waals surface area contributed by atoms with Crippen molar-refractivity contribution in [3.05, 3.63) is 137 Å². The predicted octanol–water partition coefficient (Wildman–Crippen LogP) is 6.28. The summed E-state index contributed by atoms with van der Waals surface area (Å²) in [6.07, 6.45) is 4.44. The Kier molecular flexibility index (Phi) is 7.20. The van der Waals surface area contributed by atoms with Gasteiger partial charge in [-0.2, -0.15) is 0 Å². The fourth-order valence-electron chi connectivity index (χ4n) is 4.10. The molecule has 1 aliphatic rings. The van der Waals surface area contributed by atoms with E-state index in [1.807, 2.05) is 19.1 Å². The molecule has 1 heterocycles. The van der Waals surface area contributed by atoms with Crippen molar-refractivity contribution >= 4 is 41.6 Å².